The van der Waals surface area contributed by atoms with Crippen LogP contribution in [0.4, 0.5) is 0 Å². The minimum atomic E-state index is -3.73. The highest BCUT2D eigenvalue weighted by Gasteiger charge is 2.29. The smallest absolute Gasteiger partial charge is 0.251 e. The van der Waals surface area contributed by atoms with Gasteiger partial charge in [0.05, 0.1) is 17.2 Å². The van der Waals surface area contributed by atoms with Crippen molar-refractivity contribution in [2.45, 2.75) is 69.6 Å². The zero-order valence-corrected chi connectivity index (χ0v) is 20.2. The molecule has 9 heteroatoms. The van der Waals surface area contributed by atoms with E-state index in [2.05, 4.69) is 17.1 Å². The van der Waals surface area contributed by atoms with Crippen LogP contribution in [0.5, 0.6) is 0 Å². The Kier molecular flexibility index (Phi) is 8.37. The second kappa shape index (κ2) is 10.6. The van der Waals surface area contributed by atoms with Crippen molar-refractivity contribution in [3.63, 3.8) is 0 Å². The molecular weight excluding hydrogens is 438 g/mol. The first-order chi connectivity index (χ1) is 14.7. The summed E-state index contributed by atoms with van der Waals surface area (Å²) in [5.41, 5.74) is 0.300. The number of sulfonamides is 1. The number of hydrogen-bond donors (Lipinski definition) is 1. The number of halogens is 1. The summed E-state index contributed by atoms with van der Waals surface area (Å²) in [4.78, 5) is 15.1. The van der Waals surface area contributed by atoms with Crippen LogP contribution in [0.3, 0.4) is 0 Å². The van der Waals surface area contributed by atoms with Gasteiger partial charge in [-0.05, 0) is 51.8 Å². The number of benzene rings is 1. The van der Waals surface area contributed by atoms with E-state index < -0.39 is 10.0 Å². The lowest BCUT2D eigenvalue weighted by Crippen LogP contribution is -2.52. The highest BCUT2D eigenvalue weighted by Crippen LogP contribution is 2.27. The zero-order chi connectivity index (χ0) is 22.6. The molecule has 3 rings (SSSR count). The zero-order valence-electron chi connectivity index (χ0n) is 18.6. The second-order valence-electron chi connectivity index (χ2n) is 8.73. The lowest BCUT2D eigenvalue weighted by atomic mass is 10.1. The molecule has 174 valence electrons. The number of morpholine rings is 1. The lowest BCUT2D eigenvalue weighted by Gasteiger charge is -2.39. The first-order valence-electron chi connectivity index (χ1n) is 11.2. The Balaban J connectivity index is 1.68. The lowest BCUT2D eigenvalue weighted by molar-refractivity contribution is -0.0778. The maximum absolute atomic E-state index is 13.2. The molecule has 3 atom stereocenters. The van der Waals surface area contributed by atoms with Gasteiger partial charge < -0.3 is 10.1 Å². The molecule has 0 unspecified atom stereocenters. The highest BCUT2D eigenvalue weighted by atomic mass is 35.5. The van der Waals surface area contributed by atoms with E-state index in [1.54, 1.807) is 6.07 Å². The van der Waals surface area contributed by atoms with Crippen molar-refractivity contribution in [1.29, 1.82) is 0 Å². The van der Waals surface area contributed by atoms with Gasteiger partial charge in [-0.25, -0.2) is 8.42 Å². The fourth-order valence-corrected chi connectivity index (χ4v) is 6.33. The molecule has 7 nitrogen and oxygen atoms in total. The number of nitrogens with one attached hydrogen (secondary N) is 1. The van der Waals surface area contributed by atoms with Crippen molar-refractivity contribution in [3.8, 4) is 0 Å². The van der Waals surface area contributed by atoms with Crippen molar-refractivity contribution >= 4 is 27.5 Å². The molecule has 2 aliphatic heterocycles. The summed E-state index contributed by atoms with van der Waals surface area (Å²) in [6.07, 6.45) is 4.05. The molecule has 0 spiro atoms. The fraction of sp³-hybridized carbons (Fsp3) is 0.682. The van der Waals surface area contributed by atoms with Gasteiger partial charge in [-0.1, -0.05) is 24.4 Å². The number of amides is 1. The Bertz CT molecular complexity index is 862. The van der Waals surface area contributed by atoms with E-state index in [0.29, 0.717) is 25.2 Å². The highest BCUT2D eigenvalue weighted by molar-refractivity contribution is 7.89. The normalized spacial score (nSPS) is 25.0. The van der Waals surface area contributed by atoms with E-state index in [1.807, 2.05) is 13.8 Å². The Hall–Kier alpha value is -1.19. The first-order valence-corrected chi connectivity index (χ1v) is 13.0. The molecule has 31 heavy (non-hydrogen) atoms. The SMILES string of the molecule is C[C@@H]1CN([C@@H](C)CNC(=O)c2ccc(Cl)c(S(=O)(=O)N3CCCCCC3)c2)C[C@H](C)O1. The van der Waals surface area contributed by atoms with Gasteiger partial charge in [0.25, 0.3) is 5.91 Å². The predicted octanol–water partition coefficient (Wildman–Crippen LogP) is 3.13. The Morgan fingerprint density at radius 2 is 1.77 bits per heavy atom. The minimum absolute atomic E-state index is 0.00703. The van der Waals surface area contributed by atoms with Crippen molar-refractivity contribution in [2.24, 2.45) is 0 Å². The first kappa shape index (κ1) is 24.5. The van der Waals surface area contributed by atoms with Gasteiger partial charge in [0, 0.05) is 44.3 Å². The van der Waals surface area contributed by atoms with Crippen LogP contribution in [0.1, 0.15) is 56.8 Å². The van der Waals surface area contributed by atoms with Crippen LogP contribution in [0, 0.1) is 0 Å². The molecule has 1 aromatic rings. The Morgan fingerprint density at radius 3 is 2.39 bits per heavy atom. The molecule has 0 saturated carbocycles. The van der Waals surface area contributed by atoms with Crippen LogP contribution in [-0.2, 0) is 14.8 Å². The predicted molar refractivity (Wildman–Crippen MR) is 122 cm³/mol. The van der Waals surface area contributed by atoms with Crippen molar-refractivity contribution in [1.82, 2.24) is 14.5 Å². The van der Waals surface area contributed by atoms with Crippen molar-refractivity contribution in [2.75, 3.05) is 32.7 Å². The number of rotatable bonds is 6. The molecule has 2 aliphatic rings. The van der Waals surface area contributed by atoms with Gasteiger partial charge in [-0.2, -0.15) is 4.31 Å². The summed E-state index contributed by atoms with van der Waals surface area (Å²) >= 11 is 6.25. The van der Waals surface area contributed by atoms with Gasteiger partial charge in [-0.15, -0.1) is 0 Å². The Labute approximate surface area is 191 Å². The van der Waals surface area contributed by atoms with Gasteiger partial charge in [-0.3, -0.25) is 9.69 Å². The quantitative estimate of drug-likeness (QED) is 0.689. The number of carbonyl (C=O) groups excluding carboxylic acids is 1. The summed E-state index contributed by atoms with van der Waals surface area (Å²) in [5, 5.41) is 3.08. The fourth-order valence-electron chi connectivity index (χ4n) is 4.31. The molecule has 2 fully saturated rings. The topological polar surface area (TPSA) is 79.0 Å². The summed E-state index contributed by atoms with van der Waals surface area (Å²) in [5.74, 6) is -0.301. The van der Waals surface area contributed by atoms with Crippen LogP contribution < -0.4 is 5.32 Å². The number of hydrogen-bond acceptors (Lipinski definition) is 5. The third kappa shape index (κ3) is 6.20. The second-order valence-corrected chi connectivity index (χ2v) is 11.0. The summed E-state index contributed by atoms with van der Waals surface area (Å²) in [7, 11) is -3.73. The number of nitrogens with zero attached hydrogens (tertiary/aromatic N) is 2. The summed E-state index contributed by atoms with van der Waals surface area (Å²) < 4.78 is 33.6. The Morgan fingerprint density at radius 1 is 1.16 bits per heavy atom. The van der Waals surface area contributed by atoms with E-state index in [0.717, 1.165) is 38.8 Å². The maximum Gasteiger partial charge on any atom is 0.251 e. The maximum atomic E-state index is 13.2. The third-order valence-electron chi connectivity index (χ3n) is 6.01. The molecule has 2 heterocycles. The van der Waals surface area contributed by atoms with E-state index in [4.69, 9.17) is 16.3 Å². The van der Waals surface area contributed by atoms with Crippen molar-refractivity contribution in [3.05, 3.63) is 28.8 Å². The standard InChI is InChI=1S/C22H34ClN3O4S/c1-16(25-14-17(2)30-18(3)15-25)13-24-22(27)19-8-9-20(23)21(12-19)31(28,29)26-10-6-4-5-7-11-26/h8-9,12,16-18H,4-7,10-11,13-15H2,1-3H3,(H,24,27)/t16-,17-,18+/m0/s1. The molecule has 1 amide bonds. The largest absolute Gasteiger partial charge is 0.373 e. The average Bonchev–Trinajstić information content (AvgIpc) is 3.01. The van der Waals surface area contributed by atoms with E-state index in [-0.39, 0.29) is 34.1 Å². The van der Waals surface area contributed by atoms with E-state index in [1.165, 1.54) is 16.4 Å². The van der Waals surface area contributed by atoms with Crippen molar-refractivity contribution < 1.29 is 17.9 Å². The molecule has 1 N–H and O–H groups in total. The summed E-state index contributed by atoms with van der Waals surface area (Å²) in [6.45, 7) is 9.26. The minimum Gasteiger partial charge on any atom is -0.373 e. The van der Waals surface area contributed by atoms with Gasteiger partial charge >= 0.3 is 0 Å². The summed E-state index contributed by atoms with van der Waals surface area (Å²) in [6, 6.07) is 4.62. The van der Waals surface area contributed by atoms with Gasteiger partial charge in [0.1, 0.15) is 4.90 Å². The van der Waals surface area contributed by atoms with Crippen LogP contribution >= 0.6 is 11.6 Å². The van der Waals surface area contributed by atoms with Crippen LogP contribution in [0.2, 0.25) is 5.02 Å². The molecule has 0 aromatic heterocycles. The van der Waals surface area contributed by atoms with Gasteiger partial charge in [0.2, 0.25) is 10.0 Å². The van der Waals surface area contributed by atoms with Crippen LogP contribution in [0.15, 0.2) is 23.1 Å². The van der Waals surface area contributed by atoms with Crippen LogP contribution in [-0.4, -0.2) is 74.5 Å². The number of ether oxygens (including phenoxy) is 1. The molecule has 0 bridgehead atoms. The van der Waals surface area contributed by atoms with Gasteiger partial charge in [0.15, 0.2) is 0 Å². The van der Waals surface area contributed by atoms with E-state index >= 15 is 0 Å². The molecule has 1 aromatic carbocycles. The van der Waals surface area contributed by atoms with Crippen LogP contribution in [0.25, 0.3) is 0 Å². The average molecular weight is 472 g/mol. The molecule has 0 radical (unpaired) electrons. The molecule has 0 aliphatic carbocycles. The van der Waals surface area contributed by atoms with E-state index in [9.17, 15) is 13.2 Å². The number of carbonyl (C=O) groups is 1. The third-order valence-corrected chi connectivity index (χ3v) is 8.39. The molecule has 2 saturated heterocycles. The monoisotopic (exact) mass is 471 g/mol. The molecular formula is C22H34ClN3O4S.